The molecule has 1 aromatic rings. The predicted molar refractivity (Wildman–Crippen MR) is 64.1 cm³/mol. The van der Waals surface area contributed by atoms with Crippen molar-refractivity contribution < 1.29 is 0 Å². The molecule has 1 heterocycles. The molecule has 2 rings (SSSR count). The molecular formula is C11H14ClNS. The standard InChI is InChI=1S/C11H14ClNS/c1-8-11(13-5-6-14-8)9-3-2-4-10(12)7-9/h2-4,7-8,11,13H,5-6H2,1H3. The highest BCUT2D eigenvalue weighted by atomic mass is 35.5. The van der Waals surface area contributed by atoms with E-state index in [0.29, 0.717) is 11.3 Å². The predicted octanol–water partition coefficient (Wildman–Crippen LogP) is 3.11. The molecule has 0 bridgehead atoms. The first-order chi connectivity index (χ1) is 6.77. The van der Waals surface area contributed by atoms with Gasteiger partial charge in [-0.2, -0.15) is 11.8 Å². The molecule has 14 heavy (non-hydrogen) atoms. The van der Waals surface area contributed by atoms with Crippen LogP contribution in [0.5, 0.6) is 0 Å². The van der Waals surface area contributed by atoms with E-state index in [4.69, 9.17) is 11.6 Å². The SMILES string of the molecule is CC1SCCNC1c1cccc(Cl)c1. The third kappa shape index (κ3) is 2.25. The normalized spacial score (nSPS) is 27.6. The van der Waals surface area contributed by atoms with Crippen LogP contribution in [0.3, 0.4) is 0 Å². The summed E-state index contributed by atoms with van der Waals surface area (Å²) >= 11 is 8.00. The zero-order valence-corrected chi connectivity index (χ0v) is 9.74. The van der Waals surface area contributed by atoms with Gasteiger partial charge in [-0.1, -0.05) is 30.7 Å². The van der Waals surface area contributed by atoms with Gasteiger partial charge in [0, 0.05) is 28.6 Å². The van der Waals surface area contributed by atoms with Gasteiger partial charge in [0.15, 0.2) is 0 Å². The summed E-state index contributed by atoms with van der Waals surface area (Å²) < 4.78 is 0. The van der Waals surface area contributed by atoms with Gasteiger partial charge in [0.2, 0.25) is 0 Å². The molecule has 1 nitrogen and oxygen atoms in total. The Morgan fingerprint density at radius 2 is 2.36 bits per heavy atom. The first kappa shape index (κ1) is 10.3. The second-order valence-corrected chi connectivity index (χ2v) is 5.48. The summed E-state index contributed by atoms with van der Waals surface area (Å²) in [6.07, 6.45) is 0. The fraction of sp³-hybridized carbons (Fsp3) is 0.455. The van der Waals surface area contributed by atoms with Gasteiger partial charge in [-0.25, -0.2) is 0 Å². The Hall–Kier alpha value is -0.180. The van der Waals surface area contributed by atoms with E-state index in [1.165, 1.54) is 11.3 Å². The van der Waals surface area contributed by atoms with Crippen molar-refractivity contribution in [1.82, 2.24) is 5.32 Å². The van der Waals surface area contributed by atoms with Gasteiger partial charge in [-0.3, -0.25) is 0 Å². The maximum Gasteiger partial charge on any atom is 0.0438 e. The Labute approximate surface area is 94.2 Å². The molecule has 0 spiro atoms. The maximum atomic E-state index is 5.98. The number of thioether (sulfide) groups is 1. The van der Waals surface area contributed by atoms with Crippen LogP contribution in [0.4, 0.5) is 0 Å². The molecule has 2 unspecified atom stereocenters. The summed E-state index contributed by atoms with van der Waals surface area (Å²) in [5, 5.41) is 4.99. The number of rotatable bonds is 1. The molecule has 0 aliphatic carbocycles. The van der Waals surface area contributed by atoms with E-state index in [1.807, 2.05) is 23.9 Å². The lowest BCUT2D eigenvalue weighted by Crippen LogP contribution is -2.35. The molecule has 2 atom stereocenters. The van der Waals surface area contributed by atoms with Gasteiger partial charge >= 0.3 is 0 Å². The maximum absolute atomic E-state index is 5.98. The van der Waals surface area contributed by atoms with Crippen molar-refractivity contribution >= 4 is 23.4 Å². The Bertz CT molecular complexity index is 316. The molecule has 0 saturated carbocycles. The van der Waals surface area contributed by atoms with Gasteiger partial charge in [0.1, 0.15) is 0 Å². The molecule has 1 aliphatic heterocycles. The molecule has 1 saturated heterocycles. The van der Waals surface area contributed by atoms with Crippen LogP contribution >= 0.6 is 23.4 Å². The first-order valence-corrected chi connectivity index (χ1v) is 6.30. The zero-order valence-electron chi connectivity index (χ0n) is 8.16. The van der Waals surface area contributed by atoms with Gasteiger partial charge in [0.25, 0.3) is 0 Å². The second kappa shape index (κ2) is 4.56. The molecule has 1 fully saturated rings. The van der Waals surface area contributed by atoms with E-state index in [2.05, 4.69) is 24.4 Å². The fourth-order valence-corrected chi connectivity index (χ4v) is 3.06. The molecular weight excluding hydrogens is 214 g/mol. The molecule has 3 heteroatoms. The smallest absolute Gasteiger partial charge is 0.0438 e. The van der Waals surface area contributed by atoms with E-state index in [9.17, 15) is 0 Å². The Kier molecular flexibility index (Phi) is 3.37. The number of halogens is 1. The van der Waals surface area contributed by atoms with Crippen LogP contribution in [0, 0.1) is 0 Å². The lowest BCUT2D eigenvalue weighted by atomic mass is 10.0. The molecule has 1 aliphatic rings. The van der Waals surface area contributed by atoms with Crippen LogP contribution < -0.4 is 5.32 Å². The lowest BCUT2D eigenvalue weighted by Gasteiger charge is -2.30. The Balaban J connectivity index is 2.20. The largest absolute Gasteiger partial charge is 0.308 e. The van der Waals surface area contributed by atoms with Crippen molar-refractivity contribution in [3.05, 3.63) is 34.9 Å². The van der Waals surface area contributed by atoms with E-state index in [0.717, 1.165) is 11.6 Å². The van der Waals surface area contributed by atoms with Crippen molar-refractivity contribution in [1.29, 1.82) is 0 Å². The molecule has 0 radical (unpaired) electrons. The number of hydrogen-bond acceptors (Lipinski definition) is 2. The topological polar surface area (TPSA) is 12.0 Å². The summed E-state index contributed by atoms with van der Waals surface area (Å²) in [5.74, 6) is 1.21. The summed E-state index contributed by atoms with van der Waals surface area (Å²) in [5.41, 5.74) is 1.30. The van der Waals surface area contributed by atoms with Gasteiger partial charge < -0.3 is 5.32 Å². The van der Waals surface area contributed by atoms with Crippen LogP contribution in [-0.2, 0) is 0 Å². The molecule has 1 N–H and O–H groups in total. The summed E-state index contributed by atoms with van der Waals surface area (Å²) in [6, 6.07) is 8.59. The lowest BCUT2D eigenvalue weighted by molar-refractivity contribution is 0.535. The van der Waals surface area contributed by atoms with Gasteiger partial charge in [0.05, 0.1) is 0 Å². The van der Waals surface area contributed by atoms with Crippen LogP contribution in [0.1, 0.15) is 18.5 Å². The highest BCUT2D eigenvalue weighted by Gasteiger charge is 2.22. The Morgan fingerprint density at radius 1 is 1.50 bits per heavy atom. The zero-order chi connectivity index (χ0) is 9.97. The van der Waals surface area contributed by atoms with Crippen LogP contribution in [0.15, 0.2) is 24.3 Å². The molecule has 0 aromatic heterocycles. The summed E-state index contributed by atoms with van der Waals surface area (Å²) in [7, 11) is 0. The second-order valence-electron chi connectivity index (χ2n) is 3.56. The molecule has 0 amide bonds. The number of hydrogen-bond donors (Lipinski definition) is 1. The highest BCUT2D eigenvalue weighted by Crippen LogP contribution is 2.30. The highest BCUT2D eigenvalue weighted by molar-refractivity contribution is 8.00. The average Bonchev–Trinajstić information content (AvgIpc) is 2.18. The van der Waals surface area contributed by atoms with Crippen molar-refractivity contribution in [3.63, 3.8) is 0 Å². The first-order valence-electron chi connectivity index (χ1n) is 4.88. The quantitative estimate of drug-likeness (QED) is 0.792. The fourth-order valence-electron chi connectivity index (χ4n) is 1.81. The minimum Gasteiger partial charge on any atom is -0.308 e. The van der Waals surface area contributed by atoms with Crippen molar-refractivity contribution in [2.75, 3.05) is 12.3 Å². The van der Waals surface area contributed by atoms with E-state index in [-0.39, 0.29) is 0 Å². The van der Waals surface area contributed by atoms with Gasteiger partial charge in [-0.05, 0) is 17.7 Å². The van der Waals surface area contributed by atoms with Crippen molar-refractivity contribution in [2.24, 2.45) is 0 Å². The Morgan fingerprint density at radius 3 is 3.07 bits per heavy atom. The summed E-state index contributed by atoms with van der Waals surface area (Å²) in [4.78, 5) is 0. The minimum absolute atomic E-state index is 0.451. The number of nitrogens with one attached hydrogen (secondary N) is 1. The van der Waals surface area contributed by atoms with Crippen LogP contribution in [0.2, 0.25) is 5.02 Å². The summed E-state index contributed by atoms with van der Waals surface area (Å²) in [6.45, 7) is 3.36. The molecule has 76 valence electrons. The third-order valence-corrected chi connectivity index (χ3v) is 4.00. The van der Waals surface area contributed by atoms with Gasteiger partial charge in [-0.15, -0.1) is 0 Å². The third-order valence-electron chi connectivity index (χ3n) is 2.52. The van der Waals surface area contributed by atoms with Crippen LogP contribution in [0.25, 0.3) is 0 Å². The van der Waals surface area contributed by atoms with Crippen LogP contribution in [-0.4, -0.2) is 17.5 Å². The minimum atomic E-state index is 0.451. The molecule has 1 aromatic carbocycles. The monoisotopic (exact) mass is 227 g/mol. The van der Waals surface area contributed by atoms with Crippen molar-refractivity contribution in [2.45, 2.75) is 18.2 Å². The van der Waals surface area contributed by atoms with E-state index < -0.39 is 0 Å². The number of benzene rings is 1. The van der Waals surface area contributed by atoms with E-state index >= 15 is 0 Å². The van der Waals surface area contributed by atoms with E-state index in [1.54, 1.807) is 0 Å². The average molecular weight is 228 g/mol. The van der Waals surface area contributed by atoms with Crippen molar-refractivity contribution in [3.8, 4) is 0 Å².